The van der Waals surface area contributed by atoms with E-state index in [9.17, 15) is 9.59 Å². The van der Waals surface area contributed by atoms with Gasteiger partial charge in [-0.1, -0.05) is 26.0 Å². The van der Waals surface area contributed by atoms with Gasteiger partial charge < -0.3 is 14.5 Å². The summed E-state index contributed by atoms with van der Waals surface area (Å²) in [4.78, 5) is 26.3. The van der Waals surface area contributed by atoms with E-state index < -0.39 is 5.97 Å². The largest absolute Gasteiger partial charge is 0.465 e. The third-order valence-electron chi connectivity index (χ3n) is 4.16. The van der Waals surface area contributed by atoms with E-state index in [-0.39, 0.29) is 17.2 Å². The molecule has 0 unspecified atom stereocenters. The van der Waals surface area contributed by atoms with Crippen molar-refractivity contribution in [1.29, 1.82) is 0 Å². The molecule has 2 heterocycles. The molecule has 0 aliphatic carbocycles. The van der Waals surface area contributed by atoms with Gasteiger partial charge in [0.1, 0.15) is 6.26 Å². The molecular formula is C19H22N2O4. The van der Waals surface area contributed by atoms with E-state index in [1.165, 1.54) is 25.0 Å². The number of benzene rings is 1. The minimum atomic E-state index is -0.535. The first-order valence-electron chi connectivity index (χ1n) is 8.29. The molecule has 1 aromatic heterocycles. The smallest absolute Gasteiger partial charge is 0.341 e. The van der Waals surface area contributed by atoms with Crippen LogP contribution >= 0.6 is 0 Å². The maximum absolute atomic E-state index is 12.4. The molecule has 6 heteroatoms. The van der Waals surface area contributed by atoms with Crippen LogP contribution in [-0.2, 0) is 17.8 Å². The SMILES string of the molecule is COC(=O)c1coc(C(=O)Nc2cccc3c2CN(CC(C)C)C3)c1. The summed E-state index contributed by atoms with van der Waals surface area (Å²) in [7, 11) is 1.28. The molecule has 0 bridgehead atoms. The van der Waals surface area contributed by atoms with E-state index >= 15 is 0 Å². The number of nitrogens with one attached hydrogen (secondary N) is 1. The van der Waals surface area contributed by atoms with Crippen LogP contribution in [0.4, 0.5) is 5.69 Å². The number of hydrogen-bond acceptors (Lipinski definition) is 5. The Kier molecular flexibility index (Phi) is 4.90. The number of ether oxygens (including phenoxy) is 1. The average Bonchev–Trinajstić information content (AvgIpc) is 3.20. The van der Waals surface area contributed by atoms with Gasteiger partial charge in [0.15, 0.2) is 5.76 Å². The molecule has 0 spiro atoms. The van der Waals surface area contributed by atoms with Crippen LogP contribution in [-0.4, -0.2) is 30.4 Å². The number of hydrogen-bond donors (Lipinski definition) is 1. The van der Waals surface area contributed by atoms with Gasteiger partial charge in [0.2, 0.25) is 0 Å². The molecule has 0 saturated carbocycles. The Balaban J connectivity index is 1.74. The van der Waals surface area contributed by atoms with Gasteiger partial charge in [0, 0.05) is 31.4 Å². The first-order chi connectivity index (χ1) is 12.0. The van der Waals surface area contributed by atoms with Gasteiger partial charge in [-0.3, -0.25) is 9.69 Å². The molecule has 1 aliphatic rings. The number of anilines is 1. The van der Waals surface area contributed by atoms with Crippen molar-refractivity contribution in [2.24, 2.45) is 5.92 Å². The van der Waals surface area contributed by atoms with Gasteiger partial charge in [0.05, 0.1) is 12.7 Å². The zero-order valence-electron chi connectivity index (χ0n) is 14.7. The van der Waals surface area contributed by atoms with Crippen LogP contribution < -0.4 is 5.32 Å². The summed E-state index contributed by atoms with van der Waals surface area (Å²) in [5.41, 5.74) is 3.36. The maximum Gasteiger partial charge on any atom is 0.341 e. The topological polar surface area (TPSA) is 71.8 Å². The molecule has 1 aromatic carbocycles. The molecule has 3 rings (SSSR count). The molecule has 25 heavy (non-hydrogen) atoms. The highest BCUT2D eigenvalue weighted by Crippen LogP contribution is 2.30. The summed E-state index contributed by atoms with van der Waals surface area (Å²) >= 11 is 0. The number of rotatable bonds is 5. The molecule has 1 aliphatic heterocycles. The number of furan rings is 1. The molecule has 2 aromatic rings. The number of carbonyl (C=O) groups excluding carboxylic acids is 2. The Morgan fingerprint density at radius 1 is 1.32 bits per heavy atom. The van der Waals surface area contributed by atoms with Gasteiger partial charge in [0.25, 0.3) is 5.91 Å². The average molecular weight is 342 g/mol. The van der Waals surface area contributed by atoms with Crippen molar-refractivity contribution in [1.82, 2.24) is 4.90 Å². The number of nitrogens with zero attached hydrogens (tertiary/aromatic N) is 1. The van der Waals surface area contributed by atoms with Crippen LogP contribution in [0.3, 0.4) is 0 Å². The quantitative estimate of drug-likeness (QED) is 0.844. The number of methoxy groups -OCH3 is 1. The van der Waals surface area contributed by atoms with Crippen molar-refractivity contribution < 1.29 is 18.7 Å². The lowest BCUT2D eigenvalue weighted by Gasteiger charge is -2.17. The number of esters is 1. The second-order valence-electron chi connectivity index (χ2n) is 6.65. The molecule has 132 valence electrons. The van der Waals surface area contributed by atoms with Gasteiger partial charge in [-0.25, -0.2) is 4.79 Å². The standard InChI is InChI=1S/C19H22N2O4/c1-12(2)8-21-9-13-5-4-6-16(15(13)10-21)20-18(22)17-7-14(11-25-17)19(23)24-3/h4-7,11-12H,8-10H2,1-3H3,(H,20,22). The Morgan fingerprint density at radius 2 is 2.12 bits per heavy atom. The van der Waals surface area contributed by atoms with Crippen LogP contribution in [0, 0.1) is 5.92 Å². The lowest BCUT2D eigenvalue weighted by atomic mass is 10.1. The number of amides is 1. The van der Waals surface area contributed by atoms with Crippen LogP contribution in [0.1, 0.15) is 45.9 Å². The Labute approximate surface area is 146 Å². The second kappa shape index (κ2) is 7.11. The molecule has 1 amide bonds. The van der Waals surface area contributed by atoms with Crippen LogP contribution in [0.15, 0.2) is 34.9 Å². The van der Waals surface area contributed by atoms with E-state index in [1.807, 2.05) is 12.1 Å². The minimum absolute atomic E-state index is 0.0787. The summed E-state index contributed by atoms with van der Waals surface area (Å²) in [6.45, 7) is 7.12. The number of carbonyl (C=O) groups is 2. The molecule has 1 N–H and O–H groups in total. The van der Waals surface area contributed by atoms with Crippen molar-refractivity contribution >= 4 is 17.6 Å². The Hall–Kier alpha value is -2.60. The predicted octanol–water partition coefficient (Wildman–Crippen LogP) is 3.29. The fourth-order valence-corrected chi connectivity index (χ4v) is 3.12. The maximum atomic E-state index is 12.4. The first-order valence-corrected chi connectivity index (χ1v) is 8.29. The second-order valence-corrected chi connectivity index (χ2v) is 6.65. The van der Waals surface area contributed by atoms with E-state index in [1.54, 1.807) is 0 Å². The fraction of sp³-hybridized carbons (Fsp3) is 0.368. The molecule has 0 fully saturated rings. The summed E-state index contributed by atoms with van der Waals surface area (Å²) in [6, 6.07) is 7.30. The van der Waals surface area contributed by atoms with Crippen molar-refractivity contribution in [2.75, 3.05) is 19.0 Å². The van der Waals surface area contributed by atoms with Crippen molar-refractivity contribution in [2.45, 2.75) is 26.9 Å². The van der Waals surface area contributed by atoms with Gasteiger partial charge in [-0.15, -0.1) is 0 Å². The zero-order valence-corrected chi connectivity index (χ0v) is 14.7. The molecule has 6 nitrogen and oxygen atoms in total. The third kappa shape index (κ3) is 3.74. The van der Waals surface area contributed by atoms with E-state index in [2.05, 4.69) is 34.9 Å². The van der Waals surface area contributed by atoms with Crippen molar-refractivity contribution in [3.05, 3.63) is 53.0 Å². The summed E-state index contributed by atoms with van der Waals surface area (Å²) < 4.78 is 9.81. The predicted molar refractivity (Wildman–Crippen MR) is 93.4 cm³/mol. The molecule has 0 saturated heterocycles. The van der Waals surface area contributed by atoms with Crippen molar-refractivity contribution in [3.8, 4) is 0 Å². The van der Waals surface area contributed by atoms with E-state index in [4.69, 9.17) is 4.42 Å². The fourth-order valence-electron chi connectivity index (χ4n) is 3.12. The van der Waals surface area contributed by atoms with Gasteiger partial charge >= 0.3 is 5.97 Å². The molecule has 0 radical (unpaired) electrons. The summed E-state index contributed by atoms with van der Waals surface area (Å²) in [6.07, 6.45) is 1.22. The van der Waals surface area contributed by atoms with Crippen LogP contribution in [0.2, 0.25) is 0 Å². The first kappa shape index (κ1) is 17.2. The minimum Gasteiger partial charge on any atom is -0.465 e. The molecule has 0 atom stereocenters. The van der Waals surface area contributed by atoms with E-state index in [0.29, 0.717) is 5.92 Å². The zero-order chi connectivity index (χ0) is 18.0. The van der Waals surface area contributed by atoms with Gasteiger partial charge in [-0.05, 0) is 23.1 Å². The lowest BCUT2D eigenvalue weighted by molar-refractivity contribution is 0.0600. The van der Waals surface area contributed by atoms with Gasteiger partial charge in [-0.2, -0.15) is 0 Å². The summed E-state index contributed by atoms with van der Waals surface area (Å²) in [5.74, 6) is -0.249. The van der Waals surface area contributed by atoms with Crippen LogP contribution in [0.25, 0.3) is 0 Å². The monoisotopic (exact) mass is 342 g/mol. The van der Waals surface area contributed by atoms with Crippen molar-refractivity contribution in [3.63, 3.8) is 0 Å². The normalized spacial score (nSPS) is 13.8. The molecular weight excluding hydrogens is 320 g/mol. The Morgan fingerprint density at radius 3 is 2.84 bits per heavy atom. The lowest BCUT2D eigenvalue weighted by Crippen LogP contribution is -2.21. The highest BCUT2D eigenvalue weighted by Gasteiger charge is 2.23. The number of fused-ring (bicyclic) bond motifs is 1. The Bertz CT molecular complexity index is 794. The summed E-state index contributed by atoms with van der Waals surface area (Å²) in [5, 5.41) is 2.89. The highest BCUT2D eigenvalue weighted by molar-refractivity contribution is 6.04. The van der Waals surface area contributed by atoms with E-state index in [0.717, 1.165) is 30.9 Å². The van der Waals surface area contributed by atoms with Crippen LogP contribution in [0.5, 0.6) is 0 Å². The third-order valence-corrected chi connectivity index (χ3v) is 4.16. The highest BCUT2D eigenvalue weighted by atomic mass is 16.5.